The molecule has 0 aromatic heterocycles. The summed E-state index contributed by atoms with van der Waals surface area (Å²) >= 11 is 0. The summed E-state index contributed by atoms with van der Waals surface area (Å²) in [7, 11) is 0. The SMILES string of the molecule is Cc1ccc(C2OCCCC2C(=O)Nc2ccc(C(C)(C)C(=O)O)cc2)cc1. The highest BCUT2D eigenvalue weighted by Gasteiger charge is 2.33. The standard InChI is InChI=1S/C23H27NO4/c1-15-6-8-16(9-7-15)20-19(5-4-14-28-20)21(25)24-18-12-10-17(11-13-18)23(2,3)22(26)27/h6-13,19-20H,4-5,14H2,1-3H3,(H,24,25)(H,26,27). The molecule has 1 saturated heterocycles. The van der Waals surface area contributed by atoms with E-state index < -0.39 is 11.4 Å². The highest BCUT2D eigenvalue weighted by Crippen LogP contribution is 2.35. The maximum Gasteiger partial charge on any atom is 0.313 e. The third-order valence-corrected chi connectivity index (χ3v) is 5.47. The van der Waals surface area contributed by atoms with E-state index in [1.807, 2.05) is 31.2 Å². The van der Waals surface area contributed by atoms with Crippen LogP contribution < -0.4 is 5.32 Å². The van der Waals surface area contributed by atoms with Crippen LogP contribution >= 0.6 is 0 Å². The molecule has 1 heterocycles. The number of carbonyl (C=O) groups excluding carboxylic acids is 1. The van der Waals surface area contributed by atoms with E-state index in [1.54, 1.807) is 38.1 Å². The lowest BCUT2D eigenvalue weighted by Crippen LogP contribution is -2.33. The van der Waals surface area contributed by atoms with Crippen LogP contribution in [0.5, 0.6) is 0 Å². The first-order chi connectivity index (χ1) is 13.3. The van der Waals surface area contributed by atoms with Gasteiger partial charge in [-0.1, -0.05) is 42.0 Å². The number of carbonyl (C=O) groups is 2. The Balaban J connectivity index is 1.73. The van der Waals surface area contributed by atoms with Gasteiger partial charge in [0.25, 0.3) is 0 Å². The lowest BCUT2D eigenvalue weighted by atomic mass is 9.85. The van der Waals surface area contributed by atoms with E-state index in [0.29, 0.717) is 17.9 Å². The minimum absolute atomic E-state index is 0.0736. The second kappa shape index (κ2) is 8.15. The molecule has 0 bridgehead atoms. The van der Waals surface area contributed by atoms with E-state index in [1.165, 1.54) is 5.56 Å². The van der Waals surface area contributed by atoms with Gasteiger partial charge in [-0.05, 0) is 56.9 Å². The largest absolute Gasteiger partial charge is 0.481 e. The maximum absolute atomic E-state index is 12.9. The molecule has 0 aliphatic carbocycles. The topological polar surface area (TPSA) is 75.6 Å². The Morgan fingerprint density at radius 1 is 1.07 bits per heavy atom. The molecule has 1 aliphatic heterocycles. The van der Waals surface area contributed by atoms with Gasteiger partial charge in [-0.2, -0.15) is 0 Å². The molecule has 2 aromatic rings. The van der Waals surface area contributed by atoms with E-state index in [4.69, 9.17) is 4.74 Å². The summed E-state index contributed by atoms with van der Waals surface area (Å²) in [6.45, 7) is 6.01. The molecule has 2 aromatic carbocycles. The number of hydrogen-bond donors (Lipinski definition) is 2. The fourth-order valence-corrected chi connectivity index (χ4v) is 3.46. The number of rotatable bonds is 5. The van der Waals surface area contributed by atoms with Crippen LogP contribution in [0.3, 0.4) is 0 Å². The van der Waals surface area contributed by atoms with Gasteiger partial charge in [0.05, 0.1) is 17.4 Å². The van der Waals surface area contributed by atoms with Crippen molar-refractivity contribution in [1.29, 1.82) is 0 Å². The highest BCUT2D eigenvalue weighted by atomic mass is 16.5. The van der Waals surface area contributed by atoms with Crippen LogP contribution in [0, 0.1) is 12.8 Å². The van der Waals surface area contributed by atoms with Crippen molar-refractivity contribution in [3.05, 3.63) is 65.2 Å². The van der Waals surface area contributed by atoms with E-state index in [2.05, 4.69) is 5.32 Å². The van der Waals surface area contributed by atoms with Gasteiger partial charge in [0.15, 0.2) is 0 Å². The van der Waals surface area contributed by atoms with Crippen molar-refractivity contribution in [3.63, 3.8) is 0 Å². The summed E-state index contributed by atoms with van der Waals surface area (Å²) in [6, 6.07) is 15.1. The van der Waals surface area contributed by atoms with Crippen LogP contribution in [0.2, 0.25) is 0 Å². The monoisotopic (exact) mass is 381 g/mol. The molecule has 5 heteroatoms. The van der Waals surface area contributed by atoms with Crippen molar-refractivity contribution >= 4 is 17.6 Å². The van der Waals surface area contributed by atoms with E-state index >= 15 is 0 Å². The van der Waals surface area contributed by atoms with E-state index in [0.717, 1.165) is 18.4 Å². The summed E-state index contributed by atoms with van der Waals surface area (Å²) in [4.78, 5) is 24.3. The molecule has 0 saturated carbocycles. The second-order valence-electron chi connectivity index (χ2n) is 7.95. The molecule has 0 spiro atoms. The third-order valence-electron chi connectivity index (χ3n) is 5.47. The van der Waals surface area contributed by atoms with Crippen LogP contribution in [0.1, 0.15) is 49.5 Å². The molecular formula is C23H27NO4. The van der Waals surface area contributed by atoms with Gasteiger partial charge in [-0.3, -0.25) is 9.59 Å². The number of nitrogens with one attached hydrogen (secondary N) is 1. The molecule has 0 radical (unpaired) electrons. The van der Waals surface area contributed by atoms with Crippen molar-refractivity contribution in [2.24, 2.45) is 5.92 Å². The Labute approximate surface area is 165 Å². The number of carboxylic acid groups (broad SMARTS) is 1. The van der Waals surface area contributed by atoms with Gasteiger partial charge in [0, 0.05) is 12.3 Å². The predicted molar refractivity (Wildman–Crippen MR) is 108 cm³/mol. The molecule has 1 amide bonds. The number of anilines is 1. The van der Waals surface area contributed by atoms with E-state index in [-0.39, 0.29) is 17.9 Å². The quantitative estimate of drug-likeness (QED) is 0.802. The summed E-state index contributed by atoms with van der Waals surface area (Å²) < 4.78 is 5.94. The van der Waals surface area contributed by atoms with E-state index in [9.17, 15) is 14.7 Å². The van der Waals surface area contributed by atoms with Crippen LogP contribution in [0.4, 0.5) is 5.69 Å². The molecule has 2 atom stereocenters. The first-order valence-electron chi connectivity index (χ1n) is 9.62. The van der Waals surface area contributed by atoms with Crippen molar-refractivity contribution in [2.45, 2.75) is 45.1 Å². The molecule has 1 aliphatic rings. The highest BCUT2D eigenvalue weighted by molar-refractivity contribution is 5.93. The Bertz CT molecular complexity index is 840. The minimum Gasteiger partial charge on any atom is -0.481 e. The molecule has 2 unspecified atom stereocenters. The zero-order chi connectivity index (χ0) is 20.3. The average molecular weight is 381 g/mol. The van der Waals surface area contributed by atoms with Gasteiger partial charge in [-0.25, -0.2) is 0 Å². The molecule has 1 fully saturated rings. The Morgan fingerprint density at radius 2 is 1.71 bits per heavy atom. The zero-order valence-corrected chi connectivity index (χ0v) is 16.6. The fraction of sp³-hybridized carbons (Fsp3) is 0.391. The first-order valence-corrected chi connectivity index (χ1v) is 9.62. The number of benzene rings is 2. The van der Waals surface area contributed by atoms with Gasteiger partial charge >= 0.3 is 5.97 Å². The number of carboxylic acids is 1. The van der Waals surface area contributed by atoms with Crippen LogP contribution in [0.25, 0.3) is 0 Å². The number of aliphatic carboxylic acids is 1. The van der Waals surface area contributed by atoms with Crippen LogP contribution in [-0.2, 0) is 19.7 Å². The lowest BCUT2D eigenvalue weighted by molar-refractivity contribution is -0.142. The van der Waals surface area contributed by atoms with Crippen molar-refractivity contribution < 1.29 is 19.4 Å². The molecule has 28 heavy (non-hydrogen) atoms. The van der Waals surface area contributed by atoms with Gasteiger partial charge < -0.3 is 15.2 Å². The lowest BCUT2D eigenvalue weighted by Gasteiger charge is -2.31. The predicted octanol–water partition coefficient (Wildman–Crippen LogP) is 4.46. The molecule has 148 valence electrons. The number of hydrogen-bond acceptors (Lipinski definition) is 3. The normalized spacial score (nSPS) is 19.8. The Morgan fingerprint density at radius 3 is 2.32 bits per heavy atom. The first kappa shape index (κ1) is 20.1. The fourth-order valence-electron chi connectivity index (χ4n) is 3.46. The Kier molecular flexibility index (Phi) is 5.84. The zero-order valence-electron chi connectivity index (χ0n) is 16.6. The van der Waals surface area contributed by atoms with Gasteiger partial charge in [0.2, 0.25) is 5.91 Å². The van der Waals surface area contributed by atoms with Gasteiger partial charge in [0.1, 0.15) is 0 Å². The minimum atomic E-state index is -0.976. The molecular weight excluding hydrogens is 354 g/mol. The smallest absolute Gasteiger partial charge is 0.313 e. The number of aryl methyl sites for hydroxylation is 1. The molecule has 5 nitrogen and oxygen atoms in total. The number of ether oxygens (including phenoxy) is 1. The average Bonchev–Trinajstić information content (AvgIpc) is 2.69. The summed E-state index contributed by atoms with van der Waals surface area (Å²) in [5.41, 5.74) is 2.56. The van der Waals surface area contributed by atoms with Crippen molar-refractivity contribution in [1.82, 2.24) is 0 Å². The maximum atomic E-state index is 12.9. The summed E-state index contributed by atoms with van der Waals surface area (Å²) in [5.74, 6) is -1.22. The summed E-state index contributed by atoms with van der Waals surface area (Å²) in [5, 5.41) is 12.3. The Hall–Kier alpha value is -2.66. The van der Waals surface area contributed by atoms with Gasteiger partial charge in [-0.15, -0.1) is 0 Å². The molecule has 2 N–H and O–H groups in total. The van der Waals surface area contributed by atoms with Crippen molar-refractivity contribution in [3.8, 4) is 0 Å². The third kappa shape index (κ3) is 4.25. The number of amides is 1. The van der Waals surface area contributed by atoms with Crippen molar-refractivity contribution in [2.75, 3.05) is 11.9 Å². The summed E-state index contributed by atoms with van der Waals surface area (Å²) in [6.07, 6.45) is 1.38. The van der Waals surface area contributed by atoms with Crippen LogP contribution in [-0.4, -0.2) is 23.6 Å². The molecule has 3 rings (SSSR count). The van der Waals surface area contributed by atoms with Crippen LogP contribution in [0.15, 0.2) is 48.5 Å². The second-order valence-corrected chi connectivity index (χ2v) is 7.95.